The Bertz CT molecular complexity index is 377. The molecule has 3 rings (SSSR count). The molecule has 3 aliphatic heterocycles. The van der Waals surface area contributed by atoms with Crippen LogP contribution in [0, 0.1) is 0 Å². The fourth-order valence-corrected chi connectivity index (χ4v) is 3.70. The molecule has 3 heterocycles. The summed E-state index contributed by atoms with van der Waals surface area (Å²) < 4.78 is 0. The number of nitrogens with one attached hydrogen (secondary N) is 2. The van der Waals surface area contributed by atoms with Gasteiger partial charge in [-0.15, -0.1) is 0 Å². The van der Waals surface area contributed by atoms with Crippen LogP contribution in [0.5, 0.6) is 0 Å². The van der Waals surface area contributed by atoms with E-state index in [1.807, 2.05) is 4.90 Å². The van der Waals surface area contributed by atoms with Crippen LogP contribution in [0.25, 0.3) is 0 Å². The van der Waals surface area contributed by atoms with Crippen molar-refractivity contribution in [2.75, 3.05) is 39.3 Å². The van der Waals surface area contributed by atoms with Gasteiger partial charge in [-0.25, -0.2) is 0 Å². The van der Waals surface area contributed by atoms with Gasteiger partial charge < -0.3 is 15.1 Å². The van der Waals surface area contributed by atoms with Crippen LogP contribution in [0.15, 0.2) is 0 Å². The van der Waals surface area contributed by atoms with Crippen molar-refractivity contribution in [3.8, 4) is 0 Å². The van der Waals surface area contributed by atoms with E-state index in [-0.39, 0.29) is 24.4 Å². The van der Waals surface area contributed by atoms with Crippen molar-refractivity contribution in [2.24, 2.45) is 0 Å². The maximum Gasteiger partial charge on any atom is 0.241 e. The summed E-state index contributed by atoms with van der Waals surface area (Å²) in [6, 6.07) is 0.419. The third kappa shape index (κ3) is 3.55. The van der Waals surface area contributed by atoms with Gasteiger partial charge in [0.25, 0.3) is 0 Å². The van der Waals surface area contributed by atoms with Crippen molar-refractivity contribution in [3.05, 3.63) is 0 Å². The molecule has 6 nitrogen and oxygen atoms in total. The average Bonchev–Trinajstić information content (AvgIpc) is 2.56. The summed E-state index contributed by atoms with van der Waals surface area (Å²) in [7, 11) is 0. The summed E-state index contributed by atoms with van der Waals surface area (Å²) in [6.45, 7) is 4.84. The van der Waals surface area contributed by atoms with Gasteiger partial charge in [-0.1, -0.05) is 6.42 Å². The summed E-state index contributed by atoms with van der Waals surface area (Å²) in [4.78, 5) is 28.1. The molecule has 2 amide bonds. The molecule has 0 bridgehead atoms. The van der Waals surface area contributed by atoms with Crippen LogP contribution in [0.3, 0.4) is 0 Å². The molecule has 0 saturated carbocycles. The van der Waals surface area contributed by atoms with E-state index in [1.54, 1.807) is 0 Å². The first-order valence-corrected chi connectivity index (χ1v) is 8.27. The van der Waals surface area contributed by atoms with Crippen LogP contribution in [-0.4, -0.2) is 73.0 Å². The highest BCUT2D eigenvalue weighted by molar-refractivity contribution is 5.86. The van der Waals surface area contributed by atoms with Gasteiger partial charge in [0.05, 0.1) is 6.54 Å². The van der Waals surface area contributed by atoms with E-state index in [1.165, 1.54) is 32.4 Å². The molecule has 0 spiro atoms. The molecular formula is C15H26N4O2. The Balaban J connectivity index is 1.46. The fraction of sp³-hybridized carbons (Fsp3) is 0.867. The van der Waals surface area contributed by atoms with Gasteiger partial charge in [0.1, 0.15) is 6.04 Å². The normalized spacial score (nSPS) is 29.2. The van der Waals surface area contributed by atoms with E-state index in [9.17, 15) is 9.59 Å². The first kappa shape index (κ1) is 14.8. The van der Waals surface area contributed by atoms with Gasteiger partial charge in [0.2, 0.25) is 11.8 Å². The van der Waals surface area contributed by atoms with E-state index in [0.29, 0.717) is 12.6 Å². The topological polar surface area (TPSA) is 64.7 Å². The summed E-state index contributed by atoms with van der Waals surface area (Å²) in [5.74, 6) is 0.120. The number of hydrogen-bond acceptors (Lipinski definition) is 4. The highest BCUT2D eigenvalue weighted by Gasteiger charge is 2.32. The van der Waals surface area contributed by atoms with E-state index in [0.717, 1.165) is 25.9 Å². The molecule has 0 radical (unpaired) electrons. The van der Waals surface area contributed by atoms with Gasteiger partial charge in [-0.2, -0.15) is 0 Å². The van der Waals surface area contributed by atoms with Crippen LogP contribution in [-0.2, 0) is 9.59 Å². The second-order valence-electron chi connectivity index (χ2n) is 6.39. The van der Waals surface area contributed by atoms with E-state index in [2.05, 4.69) is 15.5 Å². The third-order valence-corrected chi connectivity index (χ3v) is 4.99. The molecule has 2 N–H and O–H groups in total. The maximum atomic E-state index is 12.4. The van der Waals surface area contributed by atoms with Crippen molar-refractivity contribution >= 4 is 11.8 Å². The standard InChI is InChI=1S/C15H26N4O2/c20-14-11-16-13(10-17-14)15(21)19-8-4-12(5-9-19)18-6-2-1-3-7-18/h12-13,16H,1-11H2,(H,17,20). The number of hydrogen-bond donors (Lipinski definition) is 2. The largest absolute Gasteiger partial charge is 0.353 e. The number of amides is 2. The number of nitrogens with zero attached hydrogens (tertiary/aromatic N) is 2. The molecule has 1 unspecified atom stereocenters. The lowest BCUT2D eigenvalue weighted by atomic mass is 9.99. The lowest BCUT2D eigenvalue weighted by molar-refractivity contribution is -0.136. The van der Waals surface area contributed by atoms with Crippen LogP contribution in [0.2, 0.25) is 0 Å². The van der Waals surface area contributed by atoms with Gasteiger partial charge in [-0.05, 0) is 38.8 Å². The molecular weight excluding hydrogens is 268 g/mol. The second-order valence-corrected chi connectivity index (χ2v) is 6.39. The Hall–Kier alpha value is -1.14. The minimum atomic E-state index is -0.241. The minimum absolute atomic E-state index is 0.0251. The Kier molecular flexibility index (Phi) is 4.75. The lowest BCUT2D eigenvalue weighted by Gasteiger charge is -2.41. The molecule has 3 saturated heterocycles. The van der Waals surface area contributed by atoms with Crippen molar-refractivity contribution < 1.29 is 9.59 Å². The number of rotatable bonds is 2. The number of likely N-dealkylation sites (tertiary alicyclic amines) is 2. The summed E-state index contributed by atoms with van der Waals surface area (Å²) in [6.07, 6.45) is 6.19. The van der Waals surface area contributed by atoms with Crippen LogP contribution in [0.1, 0.15) is 32.1 Å². The molecule has 0 aliphatic carbocycles. The van der Waals surface area contributed by atoms with Gasteiger partial charge in [0.15, 0.2) is 0 Å². The molecule has 0 aromatic heterocycles. The quantitative estimate of drug-likeness (QED) is 0.724. The summed E-state index contributed by atoms with van der Waals surface area (Å²) in [5.41, 5.74) is 0. The van der Waals surface area contributed by atoms with Crippen LogP contribution < -0.4 is 10.6 Å². The Labute approximate surface area is 126 Å². The van der Waals surface area contributed by atoms with Gasteiger partial charge in [0, 0.05) is 25.7 Å². The maximum absolute atomic E-state index is 12.4. The van der Waals surface area contributed by atoms with E-state index in [4.69, 9.17) is 0 Å². The molecule has 1 atom stereocenters. The molecule has 0 aromatic carbocycles. The third-order valence-electron chi connectivity index (χ3n) is 4.99. The summed E-state index contributed by atoms with van der Waals surface area (Å²) in [5, 5.41) is 5.78. The van der Waals surface area contributed by atoms with Crippen molar-refractivity contribution in [1.82, 2.24) is 20.4 Å². The fourth-order valence-electron chi connectivity index (χ4n) is 3.70. The number of carbonyl (C=O) groups is 2. The summed E-state index contributed by atoms with van der Waals surface area (Å²) >= 11 is 0. The highest BCUT2D eigenvalue weighted by atomic mass is 16.2. The number of carbonyl (C=O) groups excluding carboxylic acids is 2. The van der Waals surface area contributed by atoms with Gasteiger partial charge >= 0.3 is 0 Å². The Morgan fingerprint density at radius 2 is 1.76 bits per heavy atom. The van der Waals surface area contributed by atoms with E-state index >= 15 is 0 Å². The Morgan fingerprint density at radius 3 is 2.38 bits per heavy atom. The zero-order valence-electron chi connectivity index (χ0n) is 12.6. The predicted octanol–water partition coefficient (Wildman–Crippen LogP) is -0.449. The zero-order valence-corrected chi connectivity index (χ0v) is 12.6. The monoisotopic (exact) mass is 294 g/mol. The van der Waals surface area contributed by atoms with Crippen molar-refractivity contribution in [2.45, 2.75) is 44.2 Å². The Morgan fingerprint density at radius 1 is 1.05 bits per heavy atom. The van der Waals surface area contributed by atoms with Gasteiger partial charge in [-0.3, -0.25) is 14.9 Å². The van der Waals surface area contributed by atoms with E-state index < -0.39 is 0 Å². The first-order valence-electron chi connectivity index (χ1n) is 8.27. The average molecular weight is 294 g/mol. The number of piperazine rings is 1. The molecule has 3 fully saturated rings. The predicted molar refractivity (Wildman–Crippen MR) is 79.8 cm³/mol. The molecule has 21 heavy (non-hydrogen) atoms. The number of piperidine rings is 2. The van der Waals surface area contributed by atoms with Crippen LogP contribution in [0.4, 0.5) is 0 Å². The van der Waals surface area contributed by atoms with Crippen LogP contribution >= 0.6 is 0 Å². The lowest BCUT2D eigenvalue weighted by Crippen LogP contribution is -2.60. The second kappa shape index (κ2) is 6.75. The molecule has 0 aromatic rings. The molecule has 3 aliphatic rings. The van der Waals surface area contributed by atoms with Crippen molar-refractivity contribution in [3.63, 3.8) is 0 Å². The molecule has 6 heteroatoms. The highest BCUT2D eigenvalue weighted by Crippen LogP contribution is 2.21. The molecule has 118 valence electrons. The zero-order chi connectivity index (χ0) is 14.7. The van der Waals surface area contributed by atoms with Crippen molar-refractivity contribution in [1.29, 1.82) is 0 Å². The SMILES string of the molecule is O=C1CNC(C(=O)N2CCC(N3CCCCC3)CC2)CN1. The first-order chi connectivity index (χ1) is 10.2. The smallest absolute Gasteiger partial charge is 0.241 e. The minimum Gasteiger partial charge on any atom is -0.353 e.